The van der Waals surface area contributed by atoms with Crippen molar-refractivity contribution >= 4 is 5.84 Å². The van der Waals surface area contributed by atoms with Crippen LogP contribution in [-0.2, 0) is 0 Å². The van der Waals surface area contributed by atoms with Gasteiger partial charge < -0.3 is 5.32 Å². The van der Waals surface area contributed by atoms with E-state index in [1.165, 1.54) is 0 Å². The van der Waals surface area contributed by atoms with Crippen molar-refractivity contribution in [3.8, 4) is 0 Å². The predicted octanol–water partition coefficient (Wildman–Crippen LogP) is 1.28. The molecule has 1 aliphatic heterocycles. The highest BCUT2D eigenvalue weighted by Gasteiger charge is 2.32. The zero-order valence-corrected chi connectivity index (χ0v) is 6.69. The van der Waals surface area contributed by atoms with Gasteiger partial charge in [-0.2, -0.15) is 0 Å². The van der Waals surface area contributed by atoms with Crippen LogP contribution in [0.25, 0.3) is 0 Å². The Labute approximate surface area is 64.7 Å². The van der Waals surface area contributed by atoms with Crippen molar-refractivity contribution in [1.29, 1.82) is 0 Å². The van der Waals surface area contributed by atoms with Crippen molar-refractivity contribution < 1.29 is 8.78 Å². The smallest absolute Gasteiger partial charge is 0.284 e. The van der Waals surface area contributed by atoms with E-state index >= 15 is 0 Å². The second-order valence-corrected chi connectivity index (χ2v) is 3.07. The van der Waals surface area contributed by atoms with Crippen LogP contribution in [0.3, 0.4) is 0 Å². The molecule has 0 aromatic carbocycles. The third-order valence-electron chi connectivity index (χ3n) is 1.56. The van der Waals surface area contributed by atoms with E-state index in [1.54, 1.807) is 0 Å². The fraction of sp³-hybridized carbons (Fsp3) is 0.857. The van der Waals surface area contributed by atoms with E-state index in [2.05, 4.69) is 10.3 Å². The molecule has 0 radical (unpaired) electrons. The van der Waals surface area contributed by atoms with Gasteiger partial charge in [0.1, 0.15) is 6.54 Å². The minimum Gasteiger partial charge on any atom is -0.367 e. The first-order valence-corrected chi connectivity index (χ1v) is 3.67. The first kappa shape index (κ1) is 8.43. The van der Waals surface area contributed by atoms with Gasteiger partial charge >= 0.3 is 0 Å². The molecule has 0 amide bonds. The number of nitrogens with zero attached hydrogens (tertiary/aromatic N) is 1. The lowest BCUT2D eigenvalue weighted by Crippen LogP contribution is -2.45. The Morgan fingerprint density at radius 2 is 2.18 bits per heavy atom. The molecule has 0 saturated carbocycles. The lowest BCUT2D eigenvalue weighted by Gasteiger charge is -2.24. The summed E-state index contributed by atoms with van der Waals surface area (Å²) < 4.78 is 24.9. The summed E-state index contributed by atoms with van der Waals surface area (Å²) in [4.78, 5) is 3.74. The van der Waals surface area contributed by atoms with Crippen molar-refractivity contribution in [2.75, 3.05) is 13.1 Å². The van der Waals surface area contributed by atoms with Gasteiger partial charge in [-0.05, 0) is 0 Å². The SMILES string of the molecule is CC(C)C1=NCC(F)(F)CN1. The summed E-state index contributed by atoms with van der Waals surface area (Å²) in [6.07, 6.45) is 0. The van der Waals surface area contributed by atoms with Crippen LogP contribution in [0.4, 0.5) is 8.78 Å². The molecular formula is C7H12F2N2. The van der Waals surface area contributed by atoms with Crippen LogP contribution >= 0.6 is 0 Å². The summed E-state index contributed by atoms with van der Waals surface area (Å²) in [5.74, 6) is -1.75. The molecule has 0 atom stereocenters. The summed E-state index contributed by atoms with van der Waals surface area (Å²) in [6.45, 7) is 3.21. The van der Waals surface area contributed by atoms with Gasteiger partial charge in [-0.25, -0.2) is 8.78 Å². The van der Waals surface area contributed by atoms with Gasteiger partial charge in [0.05, 0.1) is 12.4 Å². The summed E-state index contributed by atoms with van der Waals surface area (Å²) in [7, 11) is 0. The quantitative estimate of drug-likeness (QED) is 0.617. The van der Waals surface area contributed by atoms with Crippen molar-refractivity contribution in [2.45, 2.75) is 19.8 Å². The van der Waals surface area contributed by atoms with Crippen LogP contribution in [-0.4, -0.2) is 24.8 Å². The molecule has 0 spiro atoms. The fourth-order valence-electron chi connectivity index (χ4n) is 0.919. The molecule has 0 fully saturated rings. The Bertz CT molecular complexity index is 175. The van der Waals surface area contributed by atoms with Crippen molar-refractivity contribution in [3.63, 3.8) is 0 Å². The van der Waals surface area contributed by atoms with Crippen LogP contribution in [0, 0.1) is 5.92 Å². The number of hydrogen-bond acceptors (Lipinski definition) is 2. The molecule has 2 nitrogen and oxygen atoms in total. The zero-order chi connectivity index (χ0) is 8.48. The van der Waals surface area contributed by atoms with Gasteiger partial charge in [0.2, 0.25) is 0 Å². The van der Waals surface area contributed by atoms with Crippen LogP contribution in [0.1, 0.15) is 13.8 Å². The molecule has 1 heterocycles. The maximum atomic E-state index is 12.5. The zero-order valence-electron chi connectivity index (χ0n) is 6.69. The maximum absolute atomic E-state index is 12.5. The van der Waals surface area contributed by atoms with Crippen LogP contribution < -0.4 is 5.32 Å². The largest absolute Gasteiger partial charge is 0.367 e. The van der Waals surface area contributed by atoms with E-state index in [9.17, 15) is 8.78 Å². The van der Waals surface area contributed by atoms with Crippen molar-refractivity contribution in [2.24, 2.45) is 10.9 Å². The Kier molecular flexibility index (Phi) is 2.11. The first-order chi connectivity index (χ1) is 5.01. The van der Waals surface area contributed by atoms with E-state index in [0.717, 1.165) is 0 Å². The second-order valence-electron chi connectivity index (χ2n) is 3.07. The Morgan fingerprint density at radius 1 is 1.55 bits per heavy atom. The lowest BCUT2D eigenvalue weighted by atomic mass is 10.1. The third kappa shape index (κ3) is 2.13. The van der Waals surface area contributed by atoms with Crippen LogP contribution in [0.5, 0.6) is 0 Å². The normalized spacial score (nSPS) is 22.8. The monoisotopic (exact) mass is 162 g/mol. The van der Waals surface area contributed by atoms with Gasteiger partial charge in [-0.3, -0.25) is 4.99 Å². The number of alkyl halides is 2. The van der Waals surface area contributed by atoms with E-state index in [1.807, 2.05) is 13.8 Å². The van der Waals surface area contributed by atoms with Gasteiger partial charge in [0.25, 0.3) is 5.92 Å². The minimum atomic E-state index is -2.65. The molecule has 1 rings (SSSR count). The minimum absolute atomic E-state index is 0.214. The number of nitrogens with one attached hydrogen (secondary N) is 1. The first-order valence-electron chi connectivity index (χ1n) is 3.67. The van der Waals surface area contributed by atoms with E-state index in [-0.39, 0.29) is 19.0 Å². The summed E-state index contributed by atoms with van der Waals surface area (Å²) in [6, 6.07) is 0. The molecule has 0 unspecified atom stereocenters. The fourth-order valence-corrected chi connectivity index (χ4v) is 0.919. The van der Waals surface area contributed by atoms with Gasteiger partial charge in [0, 0.05) is 5.92 Å². The van der Waals surface area contributed by atoms with Crippen LogP contribution in [0.2, 0.25) is 0 Å². The Hall–Kier alpha value is -0.670. The molecule has 64 valence electrons. The number of hydrogen-bond donors (Lipinski definition) is 1. The van der Waals surface area contributed by atoms with E-state index in [0.29, 0.717) is 5.84 Å². The van der Waals surface area contributed by atoms with Gasteiger partial charge in [-0.15, -0.1) is 0 Å². The highest BCUT2D eigenvalue weighted by Crippen LogP contribution is 2.16. The second kappa shape index (κ2) is 2.75. The molecule has 0 bridgehead atoms. The van der Waals surface area contributed by atoms with Crippen LogP contribution in [0.15, 0.2) is 4.99 Å². The molecule has 0 aromatic heterocycles. The molecule has 11 heavy (non-hydrogen) atoms. The molecule has 4 heteroatoms. The average molecular weight is 162 g/mol. The molecule has 1 N–H and O–H groups in total. The third-order valence-corrected chi connectivity index (χ3v) is 1.56. The lowest BCUT2D eigenvalue weighted by molar-refractivity contribution is 0.0120. The van der Waals surface area contributed by atoms with E-state index in [4.69, 9.17) is 0 Å². The standard InChI is InChI=1S/C7H12F2N2/c1-5(2)6-10-3-7(8,9)4-11-6/h5H,3-4H2,1-2H3,(H,10,11). The Morgan fingerprint density at radius 3 is 2.55 bits per heavy atom. The number of aliphatic imine (C=N–C) groups is 1. The molecule has 0 saturated heterocycles. The van der Waals surface area contributed by atoms with Crippen molar-refractivity contribution in [3.05, 3.63) is 0 Å². The molecule has 1 aliphatic rings. The predicted molar refractivity (Wildman–Crippen MR) is 40.1 cm³/mol. The van der Waals surface area contributed by atoms with Crippen molar-refractivity contribution in [1.82, 2.24) is 5.32 Å². The molecule has 0 aliphatic carbocycles. The number of rotatable bonds is 1. The highest BCUT2D eigenvalue weighted by molar-refractivity contribution is 5.84. The topological polar surface area (TPSA) is 24.4 Å². The molecular weight excluding hydrogens is 150 g/mol. The maximum Gasteiger partial charge on any atom is 0.284 e. The Balaban J connectivity index is 2.58. The molecule has 0 aromatic rings. The van der Waals surface area contributed by atoms with Gasteiger partial charge in [0.15, 0.2) is 0 Å². The highest BCUT2D eigenvalue weighted by atomic mass is 19.3. The summed E-state index contributed by atoms with van der Waals surface area (Å²) in [5.41, 5.74) is 0. The average Bonchev–Trinajstić information content (AvgIpc) is 1.86. The summed E-state index contributed by atoms with van der Waals surface area (Å²) >= 11 is 0. The number of halogens is 2. The number of amidine groups is 1. The van der Waals surface area contributed by atoms with E-state index < -0.39 is 5.92 Å². The summed E-state index contributed by atoms with van der Waals surface area (Å²) in [5, 5.41) is 2.61. The van der Waals surface area contributed by atoms with Gasteiger partial charge in [-0.1, -0.05) is 13.8 Å².